The first kappa shape index (κ1) is 12.1. The van der Waals surface area contributed by atoms with Crippen LogP contribution in [-0.4, -0.2) is 25.0 Å². The molecule has 0 bridgehead atoms. The molecular weight excluding hydrogens is 189 g/mol. The summed E-state index contributed by atoms with van der Waals surface area (Å²) in [6, 6.07) is 0. The smallest absolute Gasteiger partial charge is 0.370 e. The number of hydrogen-bond acceptors (Lipinski definition) is 2. The molecule has 0 aromatic rings. The van der Waals surface area contributed by atoms with Crippen LogP contribution in [0.3, 0.4) is 0 Å². The van der Waals surface area contributed by atoms with Crippen LogP contribution in [0.4, 0.5) is 13.2 Å². The third-order valence-corrected chi connectivity index (χ3v) is 1.83. The highest BCUT2D eigenvalue weighted by atomic mass is 32.2. The summed E-state index contributed by atoms with van der Waals surface area (Å²) in [5, 5.41) is 0. The Morgan fingerprint density at radius 2 is 1.75 bits per heavy atom. The van der Waals surface area contributed by atoms with Crippen LogP contribution in [0.1, 0.15) is 13.8 Å². The molecule has 0 saturated carbocycles. The maximum Gasteiger partial charge on any atom is 0.396 e. The molecule has 0 aliphatic rings. The van der Waals surface area contributed by atoms with Crippen LogP contribution in [0.25, 0.3) is 0 Å². The second-order valence-electron chi connectivity index (χ2n) is 3.14. The van der Waals surface area contributed by atoms with E-state index < -0.39 is 11.6 Å². The van der Waals surface area contributed by atoms with Crippen molar-refractivity contribution in [3.8, 4) is 0 Å². The molecule has 0 N–H and O–H groups in total. The highest BCUT2D eigenvalue weighted by molar-refractivity contribution is 7.98. The Hall–Kier alpha value is 0.100. The van der Waals surface area contributed by atoms with Crippen molar-refractivity contribution in [2.45, 2.75) is 20.0 Å². The molecule has 0 fully saturated rings. The zero-order valence-corrected chi connectivity index (χ0v) is 8.18. The number of halogens is 3. The molecule has 0 atom stereocenters. The van der Waals surface area contributed by atoms with Crippen LogP contribution in [0.2, 0.25) is 0 Å². The van der Waals surface area contributed by atoms with Crippen molar-refractivity contribution in [3.63, 3.8) is 0 Å². The van der Waals surface area contributed by atoms with E-state index in [9.17, 15) is 13.2 Å². The van der Waals surface area contributed by atoms with Gasteiger partial charge in [-0.15, -0.1) is 11.8 Å². The van der Waals surface area contributed by atoms with Gasteiger partial charge in [0.2, 0.25) is 0 Å². The lowest BCUT2D eigenvalue weighted by molar-refractivity contribution is -0.225. The van der Waals surface area contributed by atoms with E-state index in [1.807, 2.05) is 0 Å². The van der Waals surface area contributed by atoms with Gasteiger partial charge in [0.25, 0.3) is 0 Å². The second kappa shape index (κ2) is 4.37. The lowest BCUT2D eigenvalue weighted by Gasteiger charge is -2.26. The van der Waals surface area contributed by atoms with E-state index in [0.29, 0.717) is 5.94 Å². The zero-order valence-electron chi connectivity index (χ0n) is 7.36. The minimum Gasteiger partial charge on any atom is -0.370 e. The average Bonchev–Trinajstić information content (AvgIpc) is 1.85. The Bertz CT molecular complexity index is 133. The SMILES string of the molecule is CSCOCC(C)(C)C(F)(F)F. The van der Waals surface area contributed by atoms with E-state index in [1.165, 1.54) is 11.8 Å². The Morgan fingerprint density at radius 3 is 2.08 bits per heavy atom. The van der Waals surface area contributed by atoms with Gasteiger partial charge < -0.3 is 4.74 Å². The minimum atomic E-state index is -4.19. The lowest BCUT2D eigenvalue weighted by Crippen LogP contribution is -2.36. The number of alkyl halides is 3. The summed E-state index contributed by atoms with van der Waals surface area (Å²) in [6.45, 7) is 1.98. The molecular formula is C7H13F3OS. The van der Waals surface area contributed by atoms with Crippen LogP contribution in [0.5, 0.6) is 0 Å². The molecule has 74 valence electrons. The molecule has 0 aromatic carbocycles. The molecule has 0 rings (SSSR count). The van der Waals surface area contributed by atoms with Gasteiger partial charge in [0.15, 0.2) is 0 Å². The summed E-state index contributed by atoms with van der Waals surface area (Å²) in [5.41, 5.74) is -1.75. The fraction of sp³-hybridized carbons (Fsp3) is 1.00. The normalized spacial score (nSPS) is 13.5. The summed E-state index contributed by atoms with van der Waals surface area (Å²) in [4.78, 5) is 0. The third-order valence-electron chi connectivity index (χ3n) is 1.43. The van der Waals surface area contributed by atoms with Crippen molar-refractivity contribution >= 4 is 11.8 Å². The minimum absolute atomic E-state index is 0.280. The van der Waals surface area contributed by atoms with Crippen LogP contribution < -0.4 is 0 Å². The molecule has 0 unspecified atom stereocenters. The molecule has 5 heteroatoms. The zero-order chi connectivity index (χ0) is 9.83. The van der Waals surface area contributed by atoms with E-state index in [2.05, 4.69) is 0 Å². The molecule has 0 heterocycles. The monoisotopic (exact) mass is 202 g/mol. The first-order valence-electron chi connectivity index (χ1n) is 3.44. The van der Waals surface area contributed by atoms with Gasteiger partial charge >= 0.3 is 6.18 Å². The molecule has 0 spiro atoms. The van der Waals surface area contributed by atoms with Gasteiger partial charge in [-0.2, -0.15) is 13.2 Å². The van der Waals surface area contributed by atoms with Crippen molar-refractivity contribution in [2.24, 2.45) is 5.41 Å². The first-order valence-corrected chi connectivity index (χ1v) is 4.84. The number of rotatable bonds is 4. The topological polar surface area (TPSA) is 9.23 Å². The Morgan fingerprint density at radius 1 is 1.25 bits per heavy atom. The number of thioether (sulfide) groups is 1. The van der Waals surface area contributed by atoms with Crippen molar-refractivity contribution in [2.75, 3.05) is 18.8 Å². The first-order chi connectivity index (χ1) is 5.31. The molecule has 0 aliphatic carbocycles. The van der Waals surface area contributed by atoms with E-state index in [1.54, 1.807) is 6.26 Å². The van der Waals surface area contributed by atoms with E-state index in [-0.39, 0.29) is 6.61 Å². The molecule has 1 nitrogen and oxygen atoms in total. The molecule has 0 amide bonds. The van der Waals surface area contributed by atoms with Crippen molar-refractivity contribution in [1.29, 1.82) is 0 Å². The van der Waals surface area contributed by atoms with Gasteiger partial charge in [-0.25, -0.2) is 0 Å². The molecule has 0 saturated heterocycles. The van der Waals surface area contributed by atoms with Crippen molar-refractivity contribution in [3.05, 3.63) is 0 Å². The summed E-state index contributed by atoms with van der Waals surface area (Å²) in [7, 11) is 0. The summed E-state index contributed by atoms with van der Waals surface area (Å²) in [5.74, 6) is 0.305. The van der Waals surface area contributed by atoms with E-state index >= 15 is 0 Å². The number of hydrogen-bond donors (Lipinski definition) is 0. The quantitative estimate of drug-likeness (QED) is 0.512. The maximum absolute atomic E-state index is 12.2. The van der Waals surface area contributed by atoms with Gasteiger partial charge in [0.05, 0.1) is 18.0 Å². The molecule has 0 aliphatic heterocycles. The van der Waals surface area contributed by atoms with Crippen LogP contribution in [-0.2, 0) is 4.74 Å². The Balaban J connectivity index is 3.88. The Labute approximate surface area is 74.7 Å². The van der Waals surface area contributed by atoms with Gasteiger partial charge in [0, 0.05) is 0 Å². The van der Waals surface area contributed by atoms with Crippen molar-refractivity contribution in [1.82, 2.24) is 0 Å². The van der Waals surface area contributed by atoms with Crippen molar-refractivity contribution < 1.29 is 17.9 Å². The van der Waals surface area contributed by atoms with Gasteiger partial charge in [-0.3, -0.25) is 0 Å². The predicted molar refractivity (Wildman–Crippen MR) is 44.2 cm³/mol. The van der Waals surface area contributed by atoms with Crippen LogP contribution in [0.15, 0.2) is 0 Å². The highest BCUT2D eigenvalue weighted by Gasteiger charge is 2.47. The largest absolute Gasteiger partial charge is 0.396 e. The molecule has 0 aromatic heterocycles. The van der Waals surface area contributed by atoms with Gasteiger partial charge in [-0.1, -0.05) is 0 Å². The molecule has 0 radical (unpaired) electrons. The summed E-state index contributed by atoms with van der Waals surface area (Å²) < 4.78 is 41.3. The predicted octanol–water partition coefficient (Wildman–Crippen LogP) is 2.91. The number of ether oxygens (including phenoxy) is 1. The molecule has 12 heavy (non-hydrogen) atoms. The summed E-state index contributed by atoms with van der Waals surface area (Å²) >= 11 is 1.36. The maximum atomic E-state index is 12.2. The Kier molecular flexibility index (Phi) is 4.40. The summed E-state index contributed by atoms with van der Waals surface area (Å²) in [6.07, 6.45) is -2.41. The van der Waals surface area contributed by atoms with Crippen LogP contribution in [0, 0.1) is 5.41 Å². The second-order valence-corrected chi connectivity index (χ2v) is 3.95. The van der Waals surface area contributed by atoms with E-state index in [4.69, 9.17) is 4.74 Å². The fourth-order valence-electron chi connectivity index (χ4n) is 0.462. The third kappa shape index (κ3) is 3.67. The van der Waals surface area contributed by atoms with Gasteiger partial charge in [0.1, 0.15) is 0 Å². The van der Waals surface area contributed by atoms with Crippen LogP contribution >= 0.6 is 11.8 Å². The van der Waals surface area contributed by atoms with Gasteiger partial charge in [-0.05, 0) is 20.1 Å². The average molecular weight is 202 g/mol. The lowest BCUT2D eigenvalue weighted by atomic mass is 9.94. The standard InChI is InChI=1S/C7H13F3OS/c1-6(2,7(8,9)10)4-11-5-12-3/h4-5H2,1-3H3. The highest BCUT2D eigenvalue weighted by Crippen LogP contribution is 2.37. The van der Waals surface area contributed by atoms with E-state index in [0.717, 1.165) is 13.8 Å². The fourth-order valence-corrected chi connectivity index (χ4v) is 0.712.